The number of carbonyl (C=O) groups excluding carboxylic acids is 2. The quantitative estimate of drug-likeness (QED) is 0.275. The molecule has 1 aliphatic rings. The SMILES string of the molecule is C=CCC[C@@H](CCCO[Si](c1ccccc1)(c1ccccc1)C(C)(C)C)N1C(=O)COC1=O. The zero-order valence-corrected chi connectivity index (χ0v) is 21.0. The lowest BCUT2D eigenvalue weighted by atomic mass is 10.0. The summed E-state index contributed by atoms with van der Waals surface area (Å²) >= 11 is 0. The van der Waals surface area contributed by atoms with Gasteiger partial charge in [-0.15, -0.1) is 6.58 Å². The number of allylic oxidation sites excluding steroid dienone is 1. The predicted octanol–water partition coefficient (Wildman–Crippen LogP) is 4.66. The Balaban J connectivity index is 1.82. The highest BCUT2D eigenvalue weighted by Gasteiger charge is 2.50. The molecular formula is C27H35NO4Si. The molecule has 176 valence electrons. The lowest BCUT2D eigenvalue weighted by Crippen LogP contribution is -2.66. The van der Waals surface area contributed by atoms with Crippen molar-refractivity contribution in [2.45, 2.75) is 57.5 Å². The standard InChI is InChI=1S/C27H35NO4Si/c1-5-6-14-22(28-25(29)21-31-26(28)30)15-13-20-32-33(27(2,3)4,23-16-9-7-10-17-23)24-18-11-8-12-19-24/h5,7-12,16-19,22H,1,6,13-15,20-21H2,2-4H3/t22-/m0/s1. The summed E-state index contributed by atoms with van der Waals surface area (Å²) in [6, 6.07) is 20.9. The molecule has 0 aromatic heterocycles. The number of nitrogens with zero attached hydrogens (tertiary/aromatic N) is 1. The summed E-state index contributed by atoms with van der Waals surface area (Å²) in [6.07, 6.45) is 4.11. The van der Waals surface area contributed by atoms with Gasteiger partial charge < -0.3 is 9.16 Å². The van der Waals surface area contributed by atoms with Gasteiger partial charge in [0.1, 0.15) is 0 Å². The fourth-order valence-corrected chi connectivity index (χ4v) is 9.34. The normalized spacial score (nSPS) is 15.4. The Labute approximate surface area is 198 Å². The minimum atomic E-state index is -2.59. The van der Waals surface area contributed by atoms with Crippen molar-refractivity contribution in [3.8, 4) is 0 Å². The minimum absolute atomic E-state index is 0.0906. The van der Waals surface area contributed by atoms with E-state index >= 15 is 0 Å². The van der Waals surface area contributed by atoms with Crippen LogP contribution in [0.1, 0.15) is 46.5 Å². The van der Waals surface area contributed by atoms with Crippen LogP contribution < -0.4 is 10.4 Å². The van der Waals surface area contributed by atoms with E-state index in [0.29, 0.717) is 19.4 Å². The molecule has 0 radical (unpaired) electrons. The first kappa shape index (κ1) is 24.9. The van der Waals surface area contributed by atoms with E-state index in [1.165, 1.54) is 15.3 Å². The molecule has 2 amide bonds. The van der Waals surface area contributed by atoms with E-state index in [1.54, 1.807) is 0 Å². The molecule has 0 saturated carbocycles. The third kappa shape index (κ3) is 5.45. The average molecular weight is 466 g/mol. The Morgan fingerprint density at radius 3 is 2.06 bits per heavy atom. The van der Waals surface area contributed by atoms with Gasteiger partial charge >= 0.3 is 6.09 Å². The maximum absolute atomic E-state index is 12.2. The summed E-state index contributed by atoms with van der Waals surface area (Å²) in [4.78, 5) is 25.6. The summed E-state index contributed by atoms with van der Waals surface area (Å²) in [7, 11) is -2.59. The van der Waals surface area contributed by atoms with Crippen LogP contribution in [-0.2, 0) is 14.0 Å². The Hall–Kier alpha value is -2.70. The molecule has 3 rings (SSSR count). The van der Waals surface area contributed by atoms with Crippen LogP contribution in [0.15, 0.2) is 73.3 Å². The zero-order chi connectivity index (χ0) is 23.9. The fraction of sp³-hybridized carbons (Fsp3) is 0.407. The Morgan fingerprint density at radius 2 is 1.61 bits per heavy atom. The van der Waals surface area contributed by atoms with Crippen LogP contribution in [0.5, 0.6) is 0 Å². The number of benzene rings is 2. The van der Waals surface area contributed by atoms with Gasteiger partial charge in [-0.05, 0) is 41.1 Å². The van der Waals surface area contributed by atoms with Gasteiger partial charge in [0.15, 0.2) is 6.61 Å². The number of cyclic esters (lactones) is 1. The third-order valence-electron chi connectivity index (χ3n) is 6.27. The highest BCUT2D eigenvalue weighted by Crippen LogP contribution is 2.37. The summed E-state index contributed by atoms with van der Waals surface area (Å²) in [6.45, 7) is 10.9. The number of amides is 2. The van der Waals surface area contributed by atoms with E-state index in [1.807, 2.05) is 18.2 Å². The van der Waals surface area contributed by atoms with Gasteiger partial charge in [-0.3, -0.25) is 4.79 Å². The molecule has 2 aromatic carbocycles. The number of carbonyl (C=O) groups is 2. The van der Waals surface area contributed by atoms with Gasteiger partial charge in [0.05, 0.1) is 0 Å². The summed E-state index contributed by atoms with van der Waals surface area (Å²) in [5.74, 6) is -0.262. The Kier molecular flexibility index (Phi) is 8.27. The second-order valence-corrected chi connectivity index (χ2v) is 13.8. The lowest BCUT2D eigenvalue weighted by molar-refractivity contribution is -0.127. The molecule has 0 N–H and O–H groups in total. The van der Waals surface area contributed by atoms with Crippen molar-refractivity contribution >= 4 is 30.7 Å². The number of imide groups is 1. The zero-order valence-electron chi connectivity index (χ0n) is 20.0. The second-order valence-electron chi connectivity index (χ2n) is 9.49. The number of hydrogen-bond donors (Lipinski definition) is 0. The molecule has 1 heterocycles. The van der Waals surface area contributed by atoms with Crippen molar-refractivity contribution in [2.75, 3.05) is 13.2 Å². The lowest BCUT2D eigenvalue weighted by Gasteiger charge is -2.43. The van der Waals surface area contributed by atoms with E-state index in [0.717, 1.165) is 12.8 Å². The van der Waals surface area contributed by atoms with Crippen molar-refractivity contribution in [2.24, 2.45) is 0 Å². The van der Waals surface area contributed by atoms with Crippen LogP contribution in [0.25, 0.3) is 0 Å². The van der Waals surface area contributed by atoms with Gasteiger partial charge in [0.2, 0.25) is 0 Å². The Bertz CT molecular complexity index is 884. The smallest absolute Gasteiger partial charge is 0.417 e. The topological polar surface area (TPSA) is 55.8 Å². The van der Waals surface area contributed by atoms with Gasteiger partial charge in [-0.25, -0.2) is 9.69 Å². The predicted molar refractivity (Wildman–Crippen MR) is 134 cm³/mol. The van der Waals surface area contributed by atoms with E-state index in [2.05, 4.69) is 75.9 Å². The molecule has 0 spiro atoms. The maximum Gasteiger partial charge on any atom is 0.417 e. The molecule has 6 heteroatoms. The molecular weight excluding hydrogens is 430 g/mol. The largest absolute Gasteiger partial charge is 0.439 e. The van der Waals surface area contributed by atoms with Crippen LogP contribution in [0.3, 0.4) is 0 Å². The van der Waals surface area contributed by atoms with E-state index in [9.17, 15) is 9.59 Å². The second kappa shape index (κ2) is 10.9. The average Bonchev–Trinajstić information content (AvgIpc) is 3.14. The van der Waals surface area contributed by atoms with Crippen LogP contribution in [0.4, 0.5) is 4.79 Å². The number of ether oxygens (including phenoxy) is 1. The monoisotopic (exact) mass is 465 g/mol. The maximum atomic E-state index is 12.2. The molecule has 0 aliphatic carbocycles. The minimum Gasteiger partial charge on any atom is -0.439 e. The van der Waals surface area contributed by atoms with Crippen molar-refractivity contribution < 1.29 is 18.8 Å². The fourth-order valence-electron chi connectivity index (χ4n) is 4.74. The van der Waals surface area contributed by atoms with Crippen molar-refractivity contribution in [1.29, 1.82) is 0 Å². The molecule has 1 atom stereocenters. The van der Waals surface area contributed by atoms with E-state index in [4.69, 9.17) is 9.16 Å². The molecule has 1 aliphatic heterocycles. The van der Waals surface area contributed by atoms with Gasteiger partial charge in [0, 0.05) is 12.6 Å². The van der Waals surface area contributed by atoms with Gasteiger partial charge in [-0.1, -0.05) is 87.5 Å². The van der Waals surface area contributed by atoms with E-state index < -0.39 is 14.4 Å². The van der Waals surface area contributed by atoms with Crippen LogP contribution in [-0.4, -0.2) is 44.5 Å². The highest BCUT2D eigenvalue weighted by atomic mass is 28.4. The molecule has 5 nitrogen and oxygen atoms in total. The van der Waals surface area contributed by atoms with Crippen LogP contribution in [0.2, 0.25) is 5.04 Å². The van der Waals surface area contributed by atoms with E-state index in [-0.39, 0.29) is 23.6 Å². The Morgan fingerprint density at radius 1 is 1.03 bits per heavy atom. The van der Waals surface area contributed by atoms with Crippen LogP contribution in [0, 0.1) is 0 Å². The molecule has 1 saturated heterocycles. The summed E-state index contributed by atoms with van der Waals surface area (Å²) in [5, 5.41) is 2.39. The summed E-state index contributed by atoms with van der Waals surface area (Å²) < 4.78 is 11.9. The van der Waals surface area contributed by atoms with Crippen molar-refractivity contribution in [3.63, 3.8) is 0 Å². The summed E-state index contributed by atoms with van der Waals surface area (Å²) in [5.41, 5.74) is 0. The first-order valence-electron chi connectivity index (χ1n) is 11.7. The van der Waals surface area contributed by atoms with Crippen molar-refractivity contribution in [3.05, 3.63) is 73.3 Å². The molecule has 1 fully saturated rings. The van der Waals surface area contributed by atoms with Crippen LogP contribution >= 0.6 is 0 Å². The highest BCUT2D eigenvalue weighted by molar-refractivity contribution is 6.99. The van der Waals surface area contributed by atoms with Gasteiger partial charge in [0.25, 0.3) is 14.2 Å². The first-order valence-corrected chi connectivity index (χ1v) is 13.6. The molecule has 0 unspecified atom stereocenters. The number of hydrogen-bond acceptors (Lipinski definition) is 4. The van der Waals surface area contributed by atoms with Crippen molar-refractivity contribution in [1.82, 2.24) is 4.90 Å². The molecule has 2 aromatic rings. The number of rotatable bonds is 11. The first-order chi connectivity index (χ1) is 15.8. The third-order valence-corrected chi connectivity index (χ3v) is 11.3. The molecule has 33 heavy (non-hydrogen) atoms. The van der Waals surface area contributed by atoms with Gasteiger partial charge in [-0.2, -0.15) is 0 Å². The molecule has 0 bridgehead atoms.